The number of aryl methyl sites for hydroxylation is 1. The van der Waals surface area contributed by atoms with E-state index >= 15 is 0 Å². The first-order valence-electron chi connectivity index (χ1n) is 32.6. The van der Waals surface area contributed by atoms with Crippen molar-refractivity contribution in [3.05, 3.63) is 284 Å². The van der Waals surface area contributed by atoms with Crippen LogP contribution in [0.1, 0.15) is 37.8 Å². The Hall–Kier alpha value is -11.2. The van der Waals surface area contributed by atoms with E-state index in [-0.39, 0.29) is 0 Å². The number of allylic oxidation sites excluding steroid dienone is 4. The molecule has 0 saturated heterocycles. The minimum Gasteiger partial charge on any atom is -0.0842 e. The highest BCUT2D eigenvalue weighted by molar-refractivity contribution is 6.51. The molecule has 2 aliphatic rings. The van der Waals surface area contributed by atoms with Gasteiger partial charge in [-0.1, -0.05) is 287 Å². The molecule has 0 aliphatic heterocycles. The van der Waals surface area contributed by atoms with Gasteiger partial charge in [-0.15, -0.1) is 0 Å². The third-order valence-electron chi connectivity index (χ3n) is 21.2. The molecule has 0 fully saturated rings. The van der Waals surface area contributed by atoms with Crippen molar-refractivity contribution in [2.24, 2.45) is 0 Å². The Balaban J connectivity index is 0.00000286. The molecule has 0 aromatic heterocycles. The molecule has 422 valence electrons. The quantitative estimate of drug-likeness (QED) is 0.115. The predicted molar refractivity (Wildman–Crippen MR) is 395 cm³/mol. The van der Waals surface area contributed by atoms with Crippen LogP contribution >= 0.6 is 0 Å². The maximum absolute atomic E-state index is 2.50. The van der Waals surface area contributed by atoms with E-state index in [4.69, 9.17) is 0 Å². The van der Waals surface area contributed by atoms with E-state index < -0.39 is 0 Å². The van der Waals surface area contributed by atoms with Gasteiger partial charge in [0, 0.05) is 0 Å². The van der Waals surface area contributed by atoms with Crippen molar-refractivity contribution in [1.82, 2.24) is 0 Å². The average molecular weight is 1150 g/mol. The highest BCUT2D eigenvalue weighted by atomic mass is 14.4. The Morgan fingerprint density at radius 3 is 0.934 bits per heavy atom. The van der Waals surface area contributed by atoms with Crippen LogP contribution in [0, 0.1) is 6.92 Å². The number of benzene rings is 17. The lowest BCUT2D eigenvalue weighted by Gasteiger charge is -2.27. The standard InChI is InChI=1S/C89H52.C2H6/c1-49-35-36-66-77-56(49)33-20-34-65(77)84-75(54-29-16-6-17-30-54)88-69-47-43-63-59-39-37-57-61-41-45-67-82-68(87-74(53-27-14-5-15-28-53)72(51-23-10-3-11-24-51)71(50-21-8-2-9-22-50)73(86(67)87)52-25-12-4-13-26-52)46-42-62(80(61)82)58-38-40-60(79(59)78(57)58)64-44-48-70(83(69)81(63)64)89(88)76(85(66)84)55-31-18-7-19-32-55;1-2/h2-8,10-21,23-48H,9,22H2,1H3;1-2H3. The molecule has 0 saturated carbocycles. The van der Waals surface area contributed by atoms with Crippen LogP contribution in [0.5, 0.6) is 0 Å². The Kier molecular flexibility index (Phi) is 10.6. The summed E-state index contributed by atoms with van der Waals surface area (Å²) in [5.74, 6) is 0. The van der Waals surface area contributed by atoms with Crippen LogP contribution < -0.4 is 0 Å². The van der Waals surface area contributed by atoms with Crippen molar-refractivity contribution >= 4 is 135 Å². The number of hydrogen-bond donors (Lipinski definition) is 0. The summed E-state index contributed by atoms with van der Waals surface area (Å²) in [6.45, 7) is 6.26. The van der Waals surface area contributed by atoms with Crippen molar-refractivity contribution < 1.29 is 0 Å². The minimum absolute atomic E-state index is 0.979. The molecule has 19 aromatic carbocycles. The van der Waals surface area contributed by atoms with Gasteiger partial charge in [0.2, 0.25) is 0 Å². The first kappa shape index (κ1) is 50.8. The van der Waals surface area contributed by atoms with Crippen molar-refractivity contribution in [1.29, 1.82) is 0 Å². The summed E-state index contributed by atoms with van der Waals surface area (Å²) in [5, 5.41) is 32.0. The summed E-state index contributed by atoms with van der Waals surface area (Å²) in [7, 11) is 0. The molecule has 0 heteroatoms. The van der Waals surface area contributed by atoms with Gasteiger partial charge in [-0.2, -0.15) is 0 Å². The summed E-state index contributed by atoms with van der Waals surface area (Å²) >= 11 is 0. The van der Waals surface area contributed by atoms with E-state index in [1.807, 2.05) is 13.8 Å². The molecule has 2 aliphatic carbocycles. The van der Waals surface area contributed by atoms with Crippen LogP contribution in [0.2, 0.25) is 0 Å². The van der Waals surface area contributed by atoms with Gasteiger partial charge in [0.1, 0.15) is 0 Å². The molecule has 0 N–H and O–H groups in total. The predicted octanol–water partition coefficient (Wildman–Crippen LogP) is 26.3. The molecule has 0 heterocycles. The second-order valence-electron chi connectivity index (χ2n) is 25.4. The Morgan fingerprint density at radius 2 is 0.527 bits per heavy atom. The Bertz CT molecular complexity index is 6130. The molecule has 0 amide bonds. The number of rotatable bonds is 6. The first-order chi connectivity index (χ1) is 45.2. The van der Waals surface area contributed by atoms with E-state index in [0.29, 0.717) is 0 Å². The number of fused-ring (bicyclic) bond motifs is 13. The second-order valence-corrected chi connectivity index (χ2v) is 25.4. The molecule has 19 aromatic rings. The molecule has 0 spiro atoms. The van der Waals surface area contributed by atoms with Crippen LogP contribution in [-0.4, -0.2) is 0 Å². The number of hydrogen-bond acceptors (Lipinski definition) is 0. The zero-order chi connectivity index (χ0) is 59.9. The Morgan fingerprint density at radius 1 is 0.220 bits per heavy atom. The van der Waals surface area contributed by atoms with Gasteiger partial charge in [0.05, 0.1) is 0 Å². The van der Waals surface area contributed by atoms with E-state index in [1.54, 1.807) is 0 Å². The lowest BCUT2D eigenvalue weighted by molar-refractivity contribution is 1.05. The van der Waals surface area contributed by atoms with Crippen LogP contribution in [0.3, 0.4) is 0 Å². The smallest absolute Gasteiger partial charge is 0.000717 e. The minimum atomic E-state index is 0.979. The monoisotopic (exact) mass is 1150 g/mol. The van der Waals surface area contributed by atoms with Crippen molar-refractivity contribution in [3.8, 4) is 77.9 Å². The maximum atomic E-state index is 2.50. The fourth-order valence-corrected chi connectivity index (χ4v) is 17.8. The fourth-order valence-electron chi connectivity index (χ4n) is 17.8. The van der Waals surface area contributed by atoms with Gasteiger partial charge < -0.3 is 0 Å². The van der Waals surface area contributed by atoms with Gasteiger partial charge in [0.15, 0.2) is 0 Å². The summed E-state index contributed by atoms with van der Waals surface area (Å²) < 4.78 is 0. The molecule has 0 bridgehead atoms. The lowest BCUT2D eigenvalue weighted by Crippen LogP contribution is -2.03. The zero-order valence-corrected chi connectivity index (χ0v) is 50.9. The van der Waals surface area contributed by atoms with E-state index in [2.05, 4.69) is 280 Å². The molecular formula is C91H58. The van der Waals surface area contributed by atoms with Crippen LogP contribution in [0.4, 0.5) is 0 Å². The normalized spacial score (nSPS) is 13.2. The van der Waals surface area contributed by atoms with Crippen LogP contribution in [0.25, 0.3) is 213 Å². The largest absolute Gasteiger partial charge is 0.0842 e. The SMILES string of the molecule is CC.Cc1ccc2c3c(-c4ccccc4)c4c5ccc6c7ccc8c9ccc%10c%11c(ccc(c%12ccc(c%13ccc(c4c(-c4ccccc4)c3c3cccc1c32)c5c%136)c7c%128)c%119)-c1c(-c2ccccc2)c(C2=CC=CCC2)c(-c2ccccc2)c(-c2ccccc2)c1-%10. The molecule has 0 nitrogen and oxygen atoms in total. The fraction of sp³-hybridized carbons (Fsp3) is 0.0549. The topological polar surface area (TPSA) is 0 Å². The summed E-state index contributed by atoms with van der Waals surface area (Å²) in [6, 6.07) is 97.9. The zero-order valence-electron chi connectivity index (χ0n) is 50.9. The molecule has 21 rings (SSSR count). The van der Waals surface area contributed by atoms with Gasteiger partial charge in [-0.05, 0) is 244 Å². The Labute approximate surface area is 527 Å². The van der Waals surface area contributed by atoms with E-state index in [0.717, 1.165) is 12.8 Å². The summed E-state index contributed by atoms with van der Waals surface area (Å²) in [4.78, 5) is 0. The van der Waals surface area contributed by atoms with Gasteiger partial charge >= 0.3 is 0 Å². The van der Waals surface area contributed by atoms with Crippen LogP contribution in [-0.2, 0) is 0 Å². The van der Waals surface area contributed by atoms with Crippen molar-refractivity contribution in [2.45, 2.75) is 33.6 Å². The van der Waals surface area contributed by atoms with Crippen molar-refractivity contribution in [2.75, 3.05) is 0 Å². The van der Waals surface area contributed by atoms with Gasteiger partial charge in [-0.3, -0.25) is 0 Å². The molecule has 91 heavy (non-hydrogen) atoms. The summed E-state index contributed by atoms with van der Waals surface area (Å²) in [5.41, 5.74) is 22.2. The molecule has 0 radical (unpaired) electrons. The van der Waals surface area contributed by atoms with E-state index in [1.165, 1.54) is 224 Å². The van der Waals surface area contributed by atoms with Crippen molar-refractivity contribution in [3.63, 3.8) is 0 Å². The van der Waals surface area contributed by atoms with Crippen LogP contribution in [0.15, 0.2) is 273 Å². The first-order valence-corrected chi connectivity index (χ1v) is 32.6. The molecular weight excluding hydrogens is 1090 g/mol. The highest BCUT2D eigenvalue weighted by Gasteiger charge is 2.36. The third kappa shape index (κ3) is 6.58. The molecule has 0 unspecified atom stereocenters. The van der Waals surface area contributed by atoms with Gasteiger partial charge in [0.25, 0.3) is 0 Å². The lowest BCUT2D eigenvalue weighted by atomic mass is 9.75. The third-order valence-corrected chi connectivity index (χ3v) is 21.2. The average Bonchev–Trinajstić information content (AvgIpc) is 1.57. The van der Waals surface area contributed by atoms with Gasteiger partial charge in [-0.25, -0.2) is 0 Å². The second kappa shape index (κ2) is 18.9. The van der Waals surface area contributed by atoms with E-state index in [9.17, 15) is 0 Å². The molecule has 0 atom stereocenters. The highest BCUT2D eigenvalue weighted by Crippen LogP contribution is 2.63. The summed E-state index contributed by atoms with van der Waals surface area (Å²) in [6.07, 6.45) is 8.99. The maximum Gasteiger partial charge on any atom is -0.000717 e.